The minimum atomic E-state index is -0.238. The van der Waals surface area contributed by atoms with Crippen LogP contribution in [0.3, 0.4) is 0 Å². The molecule has 0 saturated heterocycles. The SMILES string of the molecule is COc1ccc(C(C)C)cc1CNc1cccc(F)c1. The molecule has 3 heteroatoms. The largest absolute Gasteiger partial charge is 0.496 e. The highest BCUT2D eigenvalue weighted by Gasteiger charge is 2.07. The lowest BCUT2D eigenvalue weighted by atomic mass is 10.00. The first-order valence-corrected chi connectivity index (χ1v) is 6.76. The highest BCUT2D eigenvalue weighted by molar-refractivity contribution is 5.46. The summed E-state index contributed by atoms with van der Waals surface area (Å²) in [5.74, 6) is 1.07. The lowest BCUT2D eigenvalue weighted by Crippen LogP contribution is -2.03. The number of benzene rings is 2. The predicted octanol–water partition coefficient (Wildman–Crippen LogP) is 4.57. The Bertz CT molecular complexity index is 581. The first kappa shape index (κ1) is 14.4. The molecule has 0 aliphatic carbocycles. The van der Waals surface area contributed by atoms with Crippen LogP contribution in [0.25, 0.3) is 0 Å². The van der Waals surface area contributed by atoms with Gasteiger partial charge in [0.2, 0.25) is 0 Å². The summed E-state index contributed by atoms with van der Waals surface area (Å²) in [5, 5.41) is 3.22. The van der Waals surface area contributed by atoms with E-state index >= 15 is 0 Å². The third-order valence-corrected chi connectivity index (χ3v) is 3.28. The second-order valence-electron chi connectivity index (χ2n) is 5.09. The minimum absolute atomic E-state index is 0.238. The number of halogens is 1. The monoisotopic (exact) mass is 273 g/mol. The standard InChI is InChI=1S/C17H20FNO/c1-12(2)13-7-8-17(20-3)14(9-13)11-19-16-6-4-5-15(18)10-16/h4-10,12,19H,11H2,1-3H3. The van der Waals surface area contributed by atoms with Gasteiger partial charge >= 0.3 is 0 Å². The number of ether oxygens (including phenoxy) is 1. The zero-order valence-electron chi connectivity index (χ0n) is 12.1. The van der Waals surface area contributed by atoms with Crippen molar-refractivity contribution >= 4 is 5.69 Å². The molecule has 2 aromatic rings. The van der Waals surface area contributed by atoms with Crippen LogP contribution < -0.4 is 10.1 Å². The number of anilines is 1. The molecule has 2 nitrogen and oxygen atoms in total. The van der Waals surface area contributed by atoms with E-state index in [0.29, 0.717) is 12.5 Å². The van der Waals surface area contributed by atoms with Crippen LogP contribution in [0.15, 0.2) is 42.5 Å². The fourth-order valence-electron chi connectivity index (χ4n) is 2.09. The van der Waals surface area contributed by atoms with E-state index in [2.05, 4.69) is 31.3 Å². The normalized spacial score (nSPS) is 10.7. The second-order valence-corrected chi connectivity index (χ2v) is 5.09. The maximum Gasteiger partial charge on any atom is 0.125 e. The summed E-state index contributed by atoms with van der Waals surface area (Å²) < 4.78 is 18.5. The summed E-state index contributed by atoms with van der Waals surface area (Å²) in [7, 11) is 1.66. The molecule has 0 radical (unpaired) electrons. The molecule has 0 unspecified atom stereocenters. The van der Waals surface area contributed by atoms with E-state index in [-0.39, 0.29) is 5.82 Å². The third kappa shape index (κ3) is 3.50. The van der Waals surface area contributed by atoms with Crippen LogP contribution in [-0.4, -0.2) is 7.11 Å². The Kier molecular flexibility index (Phi) is 4.61. The average Bonchev–Trinajstić information content (AvgIpc) is 2.44. The summed E-state index contributed by atoms with van der Waals surface area (Å²) in [6.45, 7) is 4.92. The molecular formula is C17H20FNO. The van der Waals surface area contributed by atoms with Gasteiger partial charge in [0.15, 0.2) is 0 Å². The van der Waals surface area contributed by atoms with E-state index in [4.69, 9.17) is 4.74 Å². The van der Waals surface area contributed by atoms with Gasteiger partial charge in [0.1, 0.15) is 11.6 Å². The van der Waals surface area contributed by atoms with Crippen LogP contribution in [0.1, 0.15) is 30.9 Å². The topological polar surface area (TPSA) is 21.3 Å². The molecule has 0 spiro atoms. The molecule has 0 saturated carbocycles. The van der Waals surface area contributed by atoms with E-state index in [1.807, 2.05) is 12.1 Å². The lowest BCUT2D eigenvalue weighted by Gasteiger charge is -2.14. The first-order valence-electron chi connectivity index (χ1n) is 6.76. The van der Waals surface area contributed by atoms with Gasteiger partial charge in [-0.15, -0.1) is 0 Å². The van der Waals surface area contributed by atoms with Gasteiger partial charge in [-0.05, 0) is 35.7 Å². The van der Waals surface area contributed by atoms with E-state index < -0.39 is 0 Å². The molecule has 0 aliphatic heterocycles. The van der Waals surface area contributed by atoms with E-state index in [0.717, 1.165) is 17.0 Å². The lowest BCUT2D eigenvalue weighted by molar-refractivity contribution is 0.410. The van der Waals surface area contributed by atoms with Crippen LogP contribution in [0, 0.1) is 5.82 Å². The molecule has 0 atom stereocenters. The quantitative estimate of drug-likeness (QED) is 0.861. The maximum atomic E-state index is 13.1. The Labute approximate surface area is 119 Å². The summed E-state index contributed by atoms with van der Waals surface area (Å²) in [6.07, 6.45) is 0. The molecule has 0 fully saturated rings. The number of methoxy groups -OCH3 is 1. The number of hydrogen-bond donors (Lipinski definition) is 1. The van der Waals surface area contributed by atoms with Crippen LogP contribution in [0.4, 0.5) is 10.1 Å². The van der Waals surface area contributed by atoms with Crippen molar-refractivity contribution in [3.63, 3.8) is 0 Å². The highest BCUT2D eigenvalue weighted by Crippen LogP contribution is 2.25. The Balaban J connectivity index is 2.17. The molecular weight excluding hydrogens is 253 g/mol. The van der Waals surface area contributed by atoms with Gasteiger partial charge in [-0.2, -0.15) is 0 Å². The van der Waals surface area contributed by atoms with Crippen molar-refractivity contribution < 1.29 is 9.13 Å². The zero-order valence-corrected chi connectivity index (χ0v) is 12.1. The summed E-state index contributed by atoms with van der Waals surface area (Å²) in [6, 6.07) is 12.7. The van der Waals surface area contributed by atoms with E-state index in [9.17, 15) is 4.39 Å². The molecule has 0 bridgehead atoms. The van der Waals surface area contributed by atoms with Crippen molar-refractivity contribution in [1.82, 2.24) is 0 Å². The van der Waals surface area contributed by atoms with Crippen molar-refractivity contribution in [3.8, 4) is 5.75 Å². The number of rotatable bonds is 5. The van der Waals surface area contributed by atoms with Gasteiger partial charge in [-0.25, -0.2) is 4.39 Å². The van der Waals surface area contributed by atoms with Gasteiger partial charge in [-0.1, -0.05) is 32.0 Å². The summed E-state index contributed by atoms with van der Waals surface area (Å²) in [5.41, 5.74) is 3.10. The molecule has 2 rings (SSSR count). The number of hydrogen-bond acceptors (Lipinski definition) is 2. The first-order chi connectivity index (χ1) is 9.60. The Morgan fingerprint density at radius 1 is 1.15 bits per heavy atom. The van der Waals surface area contributed by atoms with Gasteiger partial charge in [0, 0.05) is 17.8 Å². The predicted molar refractivity (Wildman–Crippen MR) is 80.8 cm³/mol. The molecule has 0 aromatic heterocycles. The summed E-state index contributed by atoms with van der Waals surface area (Å²) >= 11 is 0. The molecule has 0 heterocycles. The van der Waals surface area contributed by atoms with E-state index in [1.165, 1.54) is 17.7 Å². The Hall–Kier alpha value is -2.03. The zero-order chi connectivity index (χ0) is 14.5. The van der Waals surface area contributed by atoms with Gasteiger partial charge < -0.3 is 10.1 Å². The van der Waals surface area contributed by atoms with Gasteiger partial charge in [0.25, 0.3) is 0 Å². The van der Waals surface area contributed by atoms with Crippen molar-refractivity contribution in [2.75, 3.05) is 12.4 Å². The minimum Gasteiger partial charge on any atom is -0.496 e. The fraction of sp³-hybridized carbons (Fsp3) is 0.294. The van der Waals surface area contributed by atoms with Crippen LogP contribution in [0.5, 0.6) is 5.75 Å². The molecule has 106 valence electrons. The molecule has 2 aromatic carbocycles. The Morgan fingerprint density at radius 2 is 1.95 bits per heavy atom. The van der Waals surface area contributed by atoms with Crippen LogP contribution in [0.2, 0.25) is 0 Å². The maximum absolute atomic E-state index is 13.1. The van der Waals surface area contributed by atoms with Crippen molar-refractivity contribution in [2.45, 2.75) is 26.3 Å². The van der Waals surface area contributed by atoms with Crippen molar-refractivity contribution in [1.29, 1.82) is 0 Å². The third-order valence-electron chi connectivity index (χ3n) is 3.28. The number of nitrogens with one attached hydrogen (secondary N) is 1. The second kappa shape index (κ2) is 6.42. The molecule has 20 heavy (non-hydrogen) atoms. The smallest absolute Gasteiger partial charge is 0.125 e. The van der Waals surface area contributed by atoms with Crippen LogP contribution >= 0.6 is 0 Å². The average molecular weight is 273 g/mol. The Morgan fingerprint density at radius 3 is 2.60 bits per heavy atom. The summed E-state index contributed by atoms with van der Waals surface area (Å²) in [4.78, 5) is 0. The van der Waals surface area contributed by atoms with Crippen molar-refractivity contribution in [3.05, 3.63) is 59.4 Å². The van der Waals surface area contributed by atoms with Gasteiger partial charge in [-0.3, -0.25) is 0 Å². The van der Waals surface area contributed by atoms with E-state index in [1.54, 1.807) is 13.2 Å². The highest BCUT2D eigenvalue weighted by atomic mass is 19.1. The van der Waals surface area contributed by atoms with Gasteiger partial charge in [0.05, 0.1) is 7.11 Å². The molecule has 0 amide bonds. The molecule has 0 aliphatic rings. The van der Waals surface area contributed by atoms with Crippen molar-refractivity contribution in [2.24, 2.45) is 0 Å². The fourth-order valence-corrected chi connectivity index (χ4v) is 2.09. The van der Waals surface area contributed by atoms with Crippen LogP contribution in [-0.2, 0) is 6.54 Å². The molecule has 1 N–H and O–H groups in total.